The lowest BCUT2D eigenvalue weighted by atomic mass is 9.76. The molecule has 41 heavy (non-hydrogen) atoms. The number of rotatable bonds is 10. The second kappa shape index (κ2) is 11.5. The van der Waals surface area contributed by atoms with E-state index in [0.717, 1.165) is 48.2 Å². The summed E-state index contributed by atoms with van der Waals surface area (Å²) < 4.78 is 34.5. The van der Waals surface area contributed by atoms with Crippen molar-refractivity contribution in [3.8, 4) is 0 Å². The molecule has 1 fully saturated rings. The lowest BCUT2D eigenvalue weighted by molar-refractivity contribution is -0.167. The minimum Gasteiger partial charge on any atom is -0.512 e. The van der Waals surface area contributed by atoms with Crippen LogP contribution in [0.4, 0.5) is 0 Å². The van der Waals surface area contributed by atoms with Crippen LogP contribution in [0.2, 0.25) is 0 Å². The molecule has 2 N–H and O–H groups in total. The molecule has 1 aliphatic carbocycles. The normalized spacial score (nSPS) is 21.0. The first kappa shape index (κ1) is 29.2. The summed E-state index contributed by atoms with van der Waals surface area (Å²) in [6.07, 6.45) is 5.69. The highest BCUT2D eigenvalue weighted by Gasteiger charge is 2.48. The Morgan fingerprint density at radius 3 is 2.54 bits per heavy atom. The number of cyclic esters (lactones) is 1. The lowest BCUT2D eigenvalue weighted by Crippen LogP contribution is -2.46. The quantitative estimate of drug-likeness (QED) is 0.332. The Balaban J connectivity index is 1.33. The smallest absolute Gasteiger partial charge is 0.338 e. The second-order valence-corrected chi connectivity index (χ2v) is 13.5. The van der Waals surface area contributed by atoms with Crippen LogP contribution in [0.3, 0.4) is 0 Å². The fourth-order valence-corrected chi connectivity index (χ4v) is 7.02. The van der Waals surface area contributed by atoms with Gasteiger partial charge in [-0.1, -0.05) is 37.1 Å². The highest BCUT2D eigenvalue weighted by molar-refractivity contribution is 7.89. The number of aliphatic hydroxyl groups is 1. The van der Waals surface area contributed by atoms with Crippen molar-refractivity contribution in [2.75, 3.05) is 5.75 Å². The Morgan fingerprint density at radius 2 is 1.88 bits per heavy atom. The van der Waals surface area contributed by atoms with Crippen molar-refractivity contribution in [1.29, 1.82) is 0 Å². The third-order valence-electron chi connectivity index (χ3n) is 8.51. The predicted octanol–water partition coefficient (Wildman–Crippen LogP) is 4.60. The maximum atomic E-state index is 13.4. The van der Waals surface area contributed by atoms with E-state index < -0.39 is 21.6 Å². The zero-order chi connectivity index (χ0) is 29.4. The van der Waals surface area contributed by atoms with Crippen LogP contribution in [0.25, 0.3) is 5.78 Å². The van der Waals surface area contributed by atoms with Gasteiger partial charge >= 0.3 is 5.97 Å². The number of hydrogen-bond acceptors (Lipinski definition) is 8. The average Bonchev–Trinajstić information content (AvgIpc) is 3.61. The molecule has 11 heteroatoms. The standard InChI is InChI=1S/C30H39N5O5S/c1-5-41(38,39)34-21(4)23-12-10-22(11-13-23)14-15-30(24-8-6-7-9-24)18-26(36)25(28(37)40-30)17-27-32-29-31-19(2)16-20(3)35(29)33-27/h10-13,16,21,24,34,36H,5-9,14-15,17-18H2,1-4H3/t21-,30?/m1/s1. The first-order chi connectivity index (χ1) is 19.5. The minimum atomic E-state index is -3.30. The summed E-state index contributed by atoms with van der Waals surface area (Å²) in [6, 6.07) is 9.44. The molecule has 0 radical (unpaired) electrons. The van der Waals surface area contributed by atoms with Crippen molar-refractivity contribution in [1.82, 2.24) is 24.3 Å². The molecule has 2 aliphatic rings. The topological polar surface area (TPSA) is 136 Å². The summed E-state index contributed by atoms with van der Waals surface area (Å²) in [5.74, 6) is 0.639. The van der Waals surface area contributed by atoms with Gasteiger partial charge in [-0.3, -0.25) is 0 Å². The van der Waals surface area contributed by atoms with Crippen LogP contribution in [0.15, 0.2) is 41.7 Å². The molecule has 1 aliphatic heterocycles. The maximum Gasteiger partial charge on any atom is 0.338 e. The molecule has 0 bridgehead atoms. The third kappa shape index (κ3) is 6.30. The molecule has 1 saturated carbocycles. The van der Waals surface area contributed by atoms with Gasteiger partial charge in [0.15, 0.2) is 5.82 Å². The molecule has 5 rings (SSSR count). The van der Waals surface area contributed by atoms with Gasteiger partial charge in [-0.2, -0.15) is 4.98 Å². The van der Waals surface area contributed by atoms with E-state index in [1.54, 1.807) is 11.4 Å². The second-order valence-electron chi connectivity index (χ2n) is 11.5. The molecular weight excluding hydrogens is 542 g/mol. The molecule has 0 saturated heterocycles. The van der Waals surface area contributed by atoms with Crippen molar-refractivity contribution in [2.45, 2.75) is 90.7 Å². The van der Waals surface area contributed by atoms with Crippen LogP contribution in [-0.2, 0) is 32.4 Å². The van der Waals surface area contributed by atoms with E-state index in [1.807, 2.05) is 51.1 Å². The van der Waals surface area contributed by atoms with E-state index in [1.165, 1.54) is 0 Å². The Morgan fingerprint density at radius 1 is 1.17 bits per heavy atom. The molecule has 0 spiro atoms. The number of benzene rings is 1. The van der Waals surface area contributed by atoms with Crippen molar-refractivity contribution in [3.63, 3.8) is 0 Å². The molecule has 1 aromatic carbocycles. The van der Waals surface area contributed by atoms with E-state index in [4.69, 9.17) is 4.74 Å². The van der Waals surface area contributed by atoms with Crippen LogP contribution in [0, 0.1) is 19.8 Å². The molecule has 2 aromatic heterocycles. The van der Waals surface area contributed by atoms with E-state index in [9.17, 15) is 18.3 Å². The monoisotopic (exact) mass is 581 g/mol. The molecule has 1 unspecified atom stereocenters. The van der Waals surface area contributed by atoms with Crippen LogP contribution in [0.5, 0.6) is 0 Å². The zero-order valence-corrected chi connectivity index (χ0v) is 25.0. The molecule has 10 nitrogen and oxygen atoms in total. The van der Waals surface area contributed by atoms with Crippen LogP contribution < -0.4 is 4.72 Å². The summed E-state index contributed by atoms with van der Waals surface area (Å²) in [7, 11) is -3.30. The molecule has 220 valence electrons. The van der Waals surface area contributed by atoms with Gasteiger partial charge in [-0.05, 0) is 76.5 Å². The fourth-order valence-electron chi connectivity index (χ4n) is 6.18. The highest BCUT2D eigenvalue weighted by Crippen LogP contribution is 2.46. The number of fused-ring (bicyclic) bond motifs is 1. The fraction of sp³-hybridized carbons (Fsp3) is 0.533. The van der Waals surface area contributed by atoms with Gasteiger partial charge < -0.3 is 9.84 Å². The number of aromatic nitrogens is 4. The first-order valence-corrected chi connectivity index (χ1v) is 16.1. The number of ether oxygens (including phenoxy) is 1. The van der Waals surface area contributed by atoms with E-state index in [2.05, 4.69) is 19.8 Å². The van der Waals surface area contributed by atoms with Crippen LogP contribution >= 0.6 is 0 Å². The number of nitrogens with zero attached hydrogens (tertiary/aromatic N) is 4. The Kier molecular flexibility index (Phi) is 8.20. The summed E-state index contributed by atoms with van der Waals surface area (Å²) in [5.41, 5.74) is 3.10. The lowest BCUT2D eigenvalue weighted by Gasteiger charge is -2.41. The zero-order valence-electron chi connectivity index (χ0n) is 24.2. The number of sulfonamides is 1. The molecular formula is C30H39N5O5S. The summed E-state index contributed by atoms with van der Waals surface area (Å²) in [4.78, 5) is 22.3. The maximum absolute atomic E-state index is 13.4. The number of esters is 1. The largest absolute Gasteiger partial charge is 0.512 e. The predicted molar refractivity (Wildman–Crippen MR) is 155 cm³/mol. The molecule has 3 aromatic rings. The van der Waals surface area contributed by atoms with Gasteiger partial charge in [0, 0.05) is 30.3 Å². The molecule has 0 amide bonds. The van der Waals surface area contributed by atoms with Crippen LogP contribution in [0.1, 0.15) is 86.8 Å². The number of nitrogens with one attached hydrogen (secondary N) is 1. The Bertz CT molecular complexity index is 1570. The summed E-state index contributed by atoms with van der Waals surface area (Å²) >= 11 is 0. The first-order valence-electron chi connectivity index (χ1n) is 14.4. The van der Waals surface area contributed by atoms with Gasteiger partial charge in [0.25, 0.3) is 5.78 Å². The van der Waals surface area contributed by atoms with Gasteiger partial charge in [0.1, 0.15) is 11.4 Å². The molecule has 2 atom stereocenters. The summed E-state index contributed by atoms with van der Waals surface area (Å²) in [6.45, 7) is 7.25. The number of aliphatic hydroxyl groups excluding tert-OH is 1. The van der Waals surface area contributed by atoms with Gasteiger partial charge in [0.05, 0.1) is 11.3 Å². The van der Waals surface area contributed by atoms with Crippen molar-refractivity contribution < 1.29 is 23.1 Å². The third-order valence-corrected chi connectivity index (χ3v) is 9.98. The SMILES string of the molecule is CCS(=O)(=O)N[C@H](C)c1ccc(CCC2(C3CCCC3)CC(O)=C(Cc3nc4nc(C)cc(C)n4n3)C(=O)O2)cc1. The van der Waals surface area contributed by atoms with Crippen LogP contribution in [-0.4, -0.2) is 50.4 Å². The van der Waals surface area contributed by atoms with Crippen molar-refractivity contribution in [3.05, 3.63) is 70.0 Å². The highest BCUT2D eigenvalue weighted by atomic mass is 32.2. The van der Waals surface area contributed by atoms with E-state index in [-0.39, 0.29) is 41.9 Å². The van der Waals surface area contributed by atoms with E-state index >= 15 is 0 Å². The summed E-state index contributed by atoms with van der Waals surface area (Å²) in [5, 5.41) is 15.7. The Hall–Kier alpha value is -3.31. The minimum absolute atomic E-state index is 0.0342. The average molecular weight is 582 g/mol. The number of aryl methyl sites for hydroxylation is 3. The molecule has 3 heterocycles. The van der Waals surface area contributed by atoms with Crippen molar-refractivity contribution in [2.24, 2.45) is 5.92 Å². The number of hydrogen-bond donors (Lipinski definition) is 2. The number of carbonyl (C=O) groups excluding carboxylic acids is 1. The Labute approximate surface area is 241 Å². The van der Waals surface area contributed by atoms with E-state index in [0.29, 0.717) is 24.4 Å². The van der Waals surface area contributed by atoms with Gasteiger partial charge in [-0.25, -0.2) is 27.4 Å². The van der Waals surface area contributed by atoms with Gasteiger partial charge in [-0.15, -0.1) is 5.10 Å². The van der Waals surface area contributed by atoms with Gasteiger partial charge in [0.2, 0.25) is 10.0 Å². The van der Waals surface area contributed by atoms with Crippen molar-refractivity contribution >= 4 is 21.8 Å². The number of carbonyl (C=O) groups is 1.